The molecule has 170 valence electrons. The van der Waals surface area contributed by atoms with Gasteiger partial charge < -0.3 is 4.90 Å². The fraction of sp³-hybridized carbons (Fsp3) is 0.269. The van der Waals surface area contributed by atoms with Crippen LogP contribution in [-0.2, 0) is 9.59 Å². The van der Waals surface area contributed by atoms with E-state index in [0.717, 1.165) is 21.3 Å². The highest BCUT2D eigenvalue weighted by Gasteiger charge is 2.35. The third-order valence-corrected chi connectivity index (χ3v) is 6.72. The number of thiocarbonyl (C=S) groups is 1. The number of carbonyl (C=O) groups excluding carboxylic acids is 2. The second-order valence-electron chi connectivity index (χ2n) is 9.16. The van der Waals surface area contributed by atoms with Crippen molar-refractivity contribution in [1.29, 1.82) is 0 Å². The fourth-order valence-electron chi connectivity index (χ4n) is 4.75. The normalized spacial score (nSPS) is 19.1. The molecule has 2 aliphatic heterocycles. The zero-order valence-electron chi connectivity index (χ0n) is 19.3. The minimum Gasteiger partial charge on any atom is -0.360 e. The van der Waals surface area contributed by atoms with E-state index < -0.39 is 11.8 Å². The summed E-state index contributed by atoms with van der Waals surface area (Å²) in [5.74, 6) is -0.936. The van der Waals surface area contributed by atoms with Crippen LogP contribution in [0.1, 0.15) is 45.7 Å². The van der Waals surface area contributed by atoms with Crippen LogP contribution in [0.4, 0.5) is 11.4 Å². The lowest BCUT2D eigenvalue weighted by Crippen LogP contribution is -2.54. The van der Waals surface area contributed by atoms with Crippen LogP contribution in [0.3, 0.4) is 0 Å². The van der Waals surface area contributed by atoms with Gasteiger partial charge in [0.05, 0.1) is 11.2 Å². The molecule has 5 nitrogen and oxygen atoms in total. The molecule has 7 heteroatoms. The van der Waals surface area contributed by atoms with Gasteiger partial charge in [-0.2, -0.15) is 0 Å². The number of carbonyl (C=O) groups is 2. The van der Waals surface area contributed by atoms with Gasteiger partial charge in [-0.3, -0.25) is 19.8 Å². The van der Waals surface area contributed by atoms with Gasteiger partial charge >= 0.3 is 0 Å². The summed E-state index contributed by atoms with van der Waals surface area (Å²) in [5, 5.41) is 2.72. The first kappa shape index (κ1) is 23.4. The Morgan fingerprint density at radius 1 is 1.09 bits per heavy atom. The summed E-state index contributed by atoms with van der Waals surface area (Å²) >= 11 is 8.68. The molecule has 1 N–H and O–H groups in total. The van der Waals surface area contributed by atoms with Gasteiger partial charge in [0.2, 0.25) is 0 Å². The number of amides is 2. The largest absolute Gasteiger partial charge is 0.360 e. The second-order valence-corrected chi connectivity index (χ2v) is 10.5. The molecule has 0 aliphatic carbocycles. The summed E-state index contributed by atoms with van der Waals surface area (Å²) in [5.41, 5.74) is 4.74. The smallest absolute Gasteiger partial charge is 0.270 e. The van der Waals surface area contributed by atoms with Crippen molar-refractivity contribution in [3.8, 4) is 0 Å². The number of allylic oxidation sites excluding steroid dienone is 1. The first-order chi connectivity index (χ1) is 15.5. The molecule has 0 spiro atoms. The molecule has 2 aliphatic rings. The topological polar surface area (TPSA) is 52.7 Å². The van der Waals surface area contributed by atoms with Crippen LogP contribution in [0.25, 0.3) is 11.6 Å². The molecule has 4 rings (SSSR count). The van der Waals surface area contributed by atoms with Crippen molar-refractivity contribution in [2.45, 2.75) is 46.2 Å². The van der Waals surface area contributed by atoms with Gasteiger partial charge in [0, 0.05) is 21.8 Å². The Hall–Kier alpha value is -2.77. The van der Waals surface area contributed by atoms with Crippen molar-refractivity contribution < 1.29 is 9.59 Å². The van der Waals surface area contributed by atoms with E-state index in [1.165, 1.54) is 10.5 Å². The summed E-state index contributed by atoms with van der Waals surface area (Å²) in [6.45, 7) is 10.9. The van der Waals surface area contributed by atoms with Crippen LogP contribution in [0.5, 0.6) is 0 Å². The Morgan fingerprint density at radius 3 is 2.39 bits per heavy atom. The van der Waals surface area contributed by atoms with Crippen LogP contribution in [0, 0.1) is 0 Å². The number of nitrogens with zero attached hydrogens (tertiary/aromatic N) is 2. The van der Waals surface area contributed by atoms with Crippen LogP contribution >= 0.6 is 28.1 Å². The molecular formula is C26H26BrN3O2S. The number of benzene rings is 2. The molecular weight excluding hydrogens is 498 g/mol. The zero-order chi connectivity index (χ0) is 24.1. The Morgan fingerprint density at radius 2 is 1.76 bits per heavy atom. The molecule has 0 atom stereocenters. The highest BCUT2D eigenvalue weighted by atomic mass is 79.9. The lowest BCUT2D eigenvalue weighted by atomic mass is 9.86. The average Bonchev–Trinajstić information content (AvgIpc) is 2.71. The van der Waals surface area contributed by atoms with Gasteiger partial charge in [0.25, 0.3) is 11.8 Å². The van der Waals surface area contributed by atoms with Crippen molar-refractivity contribution in [1.82, 2.24) is 5.32 Å². The molecule has 2 aromatic carbocycles. The van der Waals surface area contributed by atoms with Gasteiger partial charge in [0.1, 0.15) is 5.57 Å². The van der Waals surface area contributed by atoms with Crippen LogP contribution < -0.4 is 15.1 Å². The van der Waals surface area contributed by atoms with E-state index in [0.29, 0.717) is 11.7 Å². The Kier molecular flexibility index (Phi) is 6.05. The van der Waals surface area contributed by atoms with Gasteiger partial charge in [-0.05, 0) is 100 Å². The first-order valence-electron chi connectivity index (χ1n) is 10.8. The molecule has 33 heavy (non-hydrogen) atoms. The van der Waals surface area contributed by atoms with E-state index >= 15 is 0 Å². The number of anilines is 2. The summed E-state index contributed by atoms with van der Waals surface area (Å²) in [4.78, 5) is 29.7. The summed E-state index contributed by atoms with van der Waals surface area (Å²) in [6.07, 6.45) is 3.90. The number of hydrogen-bond donors (Lipinski definition) is 1. The minimum atomic E-state index is -0.492. The van der Waals surface area contributed by atoms with E-state index in [-0.39, 0.29) is 16.2 Å². The number of hydrogen-bond acceptors (Lipinski definition) is 4. The van der Waals surface area contributed by atoms with Gasteiger partial charge in [-0.15, -0.1) is 0 Å². The SMILES string of the molecule is CC1=CC(C)(C)N(C(C)C)c2ccc(/C=C3\C(=O)NC(=S)N(c4ccc(Br)cc4)C3=O)cc21. The predicted octanol–water partition coefficient (Wildman–Crippen LogP) is 5.69. The van der Waals surface area contributed by atoms with Gasteiger partial charge in [-0.1, -0.05) is 28.1 Å². The summed E-state index contributed by atoms with van der Waals surface area (Å²) in [6, 6.07) is 13.6. The van der Waals surface area contributed by atoms with E-state index in [1.54, 1.807) is 18.2 Å². The van der Waals surface area contributed by atoms with Crippen molar-refractivity contribution in [3.63, 3.8) is 0 Å². The molecule has 0 unspecified atom stereocenters. The van der Waals surface area contributed by atoms with Crippen LogP contribution in [0.15, 0.2) is 58.6 Å². The maximum atomic E-state index is 13.3. The number of fused-ring (bicyclic) bond motifs is 1. The molecule has 1 saturated heterocycles. The molecule has 0 radical (unpaired) electrons. The molecule has 2 aromatic rings. The quantitative estimate of drug-likeness (QED) is 0.319. The maximum Gasteiger partial charge on any atom is 0.270 e. The number of halogens is 1. The van der Waals surface area contributed by atoms with Crippen molar-refractivity contribution in [2.75, 3.05) is 9.80 Å². The van der Waals surface area contributed by atoms with E-state index in [1.807, 2.05) is 24.3 Å². The number of rotatable bonds is 3. The summed E-state index contributed by atoms with van der Waals surface area (Å²) in [7, 11) is 0. The standard InChI is InChI=1S/C26H26BrN3O2S/c1-15(2)30-22-11-6-17(12-20(22)16(3)14-26(30,4)5)13-21-23(31)28-25(33)29(24(21)32)19-9-7-18(27)8-10-19/h6-15H,1-5H3,(H,28,31,33)/b21-13+. The van der Waals surface area contributed by atoms with E-state index in [9.17, 15) is 9.59 Å². The lowest BCUT2D eigenvalue weighted by molar-refractivity contribution is -0.122. The van der Waals surface area contributed by atoms with E-state index in [4.69, 9.17) is 12.2 Å². The van der Waals surface area contributed by atoms with E-state index in [2.05, 4.69) is 72.9 Å². The molecule has 0 bridgehead atoms. The van der Waals surface area contributed by atoms with Crippen molar-refractivity contribution in [3.05, 3.63) is 69.7 Å². The van der Waals surface area contributed by atoms with Crippen molar-refractivity contribution in [2.24, 2.45) is 0 Å². The third-order valence-electron chi connectivity index (χ3n) is 5.91. The number of nitrogens with one attached hydrogen (secondary N) is 1. The lowest BCUT2D eigenvalue weighted by Gasteiger charge is -2.46. The van der Waals surface area contributed by atoms with Gasteiger partial charge in [-0.25, -0.2) is 0 Å². The second kappa shape index (κ2) is 8.54. The van der Waals surface area contributed by atoms with Crippen LogP contribution in [-0.4, -0.2) is 28.5 Å². The predicted molar refractivity (Wildman–Crippen MR) is 142 cm³/mol. The third kappa shape index (κ3) is 4.27. The molecule has 2 amide bonds. The highest BCUT2D eigenvalue weighted by molar-refractivity contribution is 9.10. The highest BCUT2D eigenvalue weighted by Crippen LogP contribution is 2.40. The molecule has 0 saturated carbocycles. The average molecular weight is 524 g/mol. The fourth-order valence-corrected chi connectivity index (χ4v) is 5.29. The first-order valence-corrected chi connectivity index (χ1v) is 12.0. The summed E-state index contributed by atoms with van der Waals surface area (Å²) < 4.78 is 0.887. The Bertz CT molecular complexity index is 1230. The maximum absolute atomic E-state index is 13.3. The zero-order valence-corrected chi connectivity index (χ0v) is 21.7. The Balaban J connectivity index is 1.75. The molecule has 1 fully saturated rings. The Labute approximate surface area is 208 Å². The molecule has 2 heterocycles. The van der Waals surface area contributed by atoms with Crippen LogP contribution in [0.2, 0.25) is 0 Å². The molecule has 0 aromatic heterocycles. The van der Waals surface area contributed by atoms with Gasteiger partial charge in [0.15, 0.2) is 5.11 Å². The van der Waals surface area contributed by atoms with Crippen molar-refractivity contribution >= 4 is 68.1 Å². The monoisotopic (exact) mass is 523 g/mol. The minimum absolute atomic E-state index is 0.0463.